The van der Waals surface area contributed by atoms with Crippen LogP contribution in [0.2, 0.25) is 0 Å². The number of aliphatic hydroxyl groups is 1. The summed E-state index contributed by atoms with van der Waals surface area (Å²) in [7, 11) is 0. The molecule has 0 aromatic heterocycles. The SMILES string of the molecule is O=C(C1CCC1)N1CCN(C[C@@H](O)COCc2ccccc2)CC1. The van der Waals surface area contributed by atoms with Gasteiger partial charge >= 0.3 is 0 Å². The second-order valence-corrected chi connectivity index (χ2v) is 6.91. The predicted octanol–water partition coefficient (Wildman–Crippen LogP) is 1.51. The van der Waals surface area contributed by atoms with Crippen LogP contribution in [0.3, 0.4) is 0 Å². The van der Waals surface area contributed by atoms with Gasteiger partial charge in [0.25, 0.3) is 0 Å². The van der Waals surface area contributed by atoms with Crippen molar-refractivity contribution in [2.45, 2.75) is 32.0 Å². The molecular weight excluding hydrogens is 304 g/mol. The van der Waals surface area contributed by atoms with Gasteiger partial charge in [-0.15, -0.1) is 0 Å². The van der Waals surface area contributed by atoms with Crippen LogP contribution < -0.4 is 0 Å². The van der Waals surface area contributed by atoms with Crippen molar-refractivity contribution in [1.29, 1.82) is 0 Å². The van der Waals surface area contributed by atoms with Crippen LogP contribution in [0.5, 0.6) is 0 Å². The molecule has 2 fully saturated rings. The minimum atomic E-state index is -0.484. The Balaban J connectivity index is 1.31. The number of benzene rings is 1. The number of piperazine rings is 1. The third-order valence-corrected chi connectivity index (χ3v) is 5.03. The fraction of sp³-hybridized carbons (Fsp3) is 0.632. The van der Waals surface area contributed by atoms with Crippen molar-refractivity contribution in [3.63, 3.8) is 0 Å². The molecule has 1 saturated carbocycles. The van der Waals surface area contributed by atoms with Crippen LogP contribution >= 0.6 is 0 Å². The fourth-order valence-corrected chi connectivity index (χ4v) is 3.30. The lowest BCUT2D eigenvalue weighted by Gasteiger charge is -2.38. The molecule has 0 bridgehead atoms. The average Bonchev–Trinajstić information content (AvgIpc) is 2.55. The molecule has 1 atom stereocenters. The fourth-order valence-electron chi connectivity index (χ4n) is 3.30. The predicted molar refractivity (Wildman–Crippen MR) is 92.5 cm³/mol. The van der Waals surface area contributed by atoms with E-state index in [1.54, 1.807) is 0 Å². The second kappa shape index (κ2) is 8.60. The minimum Gasteiger partial charge on any atom is -0.389 e. The molecule has 1 heterocycles. The highest BCUT2D eigenvalue weighted by molar-refractivity contribution is 5.79. The molecule has 1 N–H and O–H groups in total. The van der Waals surface area contributed by atoms with Gasteiger partial charge in [-0.05, 0) is 18.4 Å². The van der Waals surface area contributed by atoms with E-state index in [4.69, 9.17) is 4.74 Å². The van der Waals surface area contributed by atoms with Crippen molar-refractivity contribution >= 4 is 5.91 Å². The zero-order valence-corrected chi connectivity index (χ0v) is 14.3. The van der Waals surface area contributed by atoms with Gasteiger partial charge in [-0.1, -0.05) is 36.8 Å². The number of carbonyl (C=O) groups is 1. The molecule has 1 aromatic rings. The van der Waals surface area contributed by atoms with Gasteiger partial charge in [0.1, 0.15) is 0 Å². The van der Waals surface area contributed by atoms with Crippen LogP contribution in [0.4, 0.5) is 0 Å². The zero-order valence-electron chi connectivity index (χ0n) is 14.3. The molecule has 1 aliphatic carbocycles. The quantitative estimate of drug-likeness (QED) is 0.822. The van der Waals surface area contributed by atoms with E-state index < -0.39 is 6.10 Å². The normalized spacial score (nSPS) is 20.6. The van der Waals surface area contributed by atoms with E-state index in [1.165, 1.54) is 6.42 Å². The number of nitrogens with zero attached hydrogens (tertiary/aromatic N) is 2. The smallest absolute Gasteiger partial charge is 0.225 e. The number of ether oxygens (including phenoxy) is 1. The first-order valence-electron chi connectivity index (χ1n) is 9.03. The van der Waals surface area contributed by atoms with Gasteiger partial charge in [0.15, 0.2) is 0 Å². The number of rotatable bonds is 7. The summed E-state index contributed by atoms with van der Waals surface area (Å²) in [6.07, 6.45) is 2.85. The van der Waals surface area contributed by atoms with E-state index in [1.807, 2.05) is 35.2 Å². The molecule has 0 radical (unpaired) electrons. The van der Waals surface area contributed by atoms with Crippen LogP contribution in [-0.4, -0.2) is 66.2 Å². The van der Waals surface area contributed by atoms with E-state index in [0.29, 0.717) is 25.7 Å². The Morgan fingerprint density at radius 2 is 1.88 bits per heavy atom. The maximum absolute atomic E-state index is 12.2. The van der Waals surface area contributed by atoms with Crippen molar-refractivity contribution in [1.82, 2.24) is 9.80 Å². The van der Waals surface area contributed by atoms with Crippen molar-refractivity contribution in [2.75, 3.05) is 39.3 Å². The molecule has 24 heavy (non-hydrogen) atoms. The Hall–Kier alpha value is -1.43. The molecule has 5 heteroatoms. The molecule has 2 aliphatic rings. The summed E-state index contributed by atoms with van der Waals surface area (Å²) < 4.78 is 5.59. The van der Waals surface area contributed by atoms with Gasteiger partial charge in [-0.25, -0.2) is 0 Å². The highest BCUT2D eigenvalue weighted by atomic mass is 16.5. The van der Waals surface area contributed by atoms with Gasteiger partial charge in [0.2, 0.25) is 5.91 Å². The van der Waals surface area contributed by atoms with Crippen LogP contribution in [0.1, 0.15) is 24.8 Å². The first-order valence-corrected chi connectivity index (χ1v) is 9.03. The van der Waals surface area contributed by atoms with E-state index in [0.717, 1.165) is 44.6 Å². The lowest BCUT2D eigenvalue weighted by molar-refractivity contribution is -0.140. The van der Waals surface area contributed by atoms with Gasteiger partial charge < -0.3 is 14.7 Å². The zero-order chi connectivity index (χ0) is 16.8. The number of β-amino-alcohol motifs (C(OH)–C–C–N with tert-alkyl or cyclic N) is 1. The molecule has 132 valence electrons. The average molecular weight is 332 g/mol. The van der Waals surface area contributed by atoms with E-state index in [9.17, 15) is 9.90 Å². The standard InChI is InChI=1S/C19H28N2O3/c22-18(15-24-14-16-5-2-1-3-6-16)13-20-9-11-21(12-10-20)19(23)17-7-4-8-17/h1-3,5-6,17-18,22H,4,7-15H2/t18-/m1/s1. The van der Waals surface area contributed by atoms with E-state index in [2.05, 4.69) is 4.90 Å². The Labute approximate surface area is 144 Å². The lowest BCUT2D eigenvalue weighted by Crippen LogP contribution is -2.52. The summed E-state index contributed by atoms with van der Waals surface area (Å²) in [5.41, 5.74) is 1.12. The van der Waals surface area contributed by atoms with Crippen LogP contribution in [0.25, 0.3) is 0 Å². The summed E-state index contributed by atoms with van der Waals surface area (Å²) in [4.78, 5) is 16.4. The summed E-state index contributed by atoms with van der Waals surface area (Å²) in [5.74, 6) is 0.626. The summed E-state index contributed by atoms with van der Waals surface area (Å²) in [6.45, 7) is 4.74. The highest BCUT2D eigenvalue weighted by Gasteiger charge is 2.31. The summed E-state index contributed by atoms with van der Waals surface area (Å²) in [5, 5.41) is 10.1. The van der Waals surface area contributed by atoms with Crippen LogP contribution in [-0.2, 0) is 16.1 Å². The Morgan fingerprint density at radius 3 is 2.50 bits per heavy atom. The van der Waals surface area contributed by atoms with Crippen LogP contribution in [0.15, 0.2) is 30.3 Å². The molecule has 3 rings (SSSR count). The molecule has 0 unspecified atom stereocenters. The molecule has 1 amide bonds. The van der Waals surface area contributed by atoms with E-state index >= 15 is 0 Å². The maximum Gasteiger partial charge on any atom is 0.225 e. The molecule has 1 aliphatic heterocycles. The van der Waals surface area contributed by atoms with Gasteiger partial charge in [-0.2, -0.15) is 0 Å². The molecule has 0 spiro atoms. The van der Waals surface area contributed by atoms with Gasteiger partial charge in [-0.3, -0.25) is 9.69 Å². The van der Waals surface area contributed by atoms with Crippen molar-refractivity contribution in [2.24, 2.45) is 5.92 Å². The Morgan fingerprint density at radius 1 is 1.17 bits per heavy atom. The molecule has 1 aromatic carbocycles. The molecular formula is C19H28N2O3. The molecule has 1 saturated heterocycles. The monoisotopic (exact) mass is 332 g/mol. The largest absolute Gasteiger partial charge is 0.389 e. The third kappa shape index (κ3) is 4.79. The van der Waals surface area contributed by atoms with E-state index in [-0.39, 0.29) is 5.92 Å². The Bertz CT molecular complexity index is 511. The topological polar surface area (TPSA) is 53.0 Å². The number of amides is 1. The lowest BCUT2D eigenvalue weighted by atomic mass is 9.84. The van der Waals surface area contributed by atoms with Gasteiger partial charge in [0.05, 0.1) is 19.3 Å². The minimum absolute atomic E-state index is 0.286. The summed E-state index contributed by atoms with van der Waals surface area (Å²) >= 11 is 0. The second-order valence-electron chi connectivity index (χ2n) is 6.91. The number of hydrogen-bond acceptors (Lipinski definition) is 4. The highest BCUT2D eigenvalue weighted by Crippen LogP contribution is 2.28. The van der Waals surface area contributed by atoms with Crippen molar-refractivity contribution in [3.8, 4) is 0 Å². The van der Waals surface area contributed by atoms with Gasteiger partial charge in [0, 0.05) is 38.6 Å². The number of carbonyl (C=O) groups excluding carboxylic acids is 1. The third-order valence-electron chi connectivity index (χ3n) is 5.03. The first kappa shape index (κ1) is 17.4. The van der Waals surface area contributed by atoms with Crippen molar-refractivity contribution in [3.05, 3.63) is 35.9 Å². The van der Waals surface area contributed by atoms with Crippen molar-refractivity contribution < 1.29 is 14.6 Å². The number of hydrogen-bond donors (Lipinski definition) is 1. The first-order chi connectivity index (χ1) is 11.7. The maximum atomic E-state index is 12.2. The molecule has 5 nitrogen and oxygen atoms in total. The van der Waals surface area contributed by atoms with Crippen LogP contribution in [0, 0.1) is 5.92 Å². The summed E-state index contributed by atoms with van der Waals surface area (Å²) in [6, 6.07) is 9.99. The Kier molecular flexibility index (Phi) is 6.24. The number of aliphatic hydroxyl groups excluding tert-OH is 1.